The second-order valence-corrected chi connectivity index (χ2v) is 6.69. The molecule has 1 aromatic rings. The Morgan fingerprint density at radius 3 is 2.65 bits per heavy atom. The van der Waals surface area contributed by atoms with E-state index in [2.05, 4.69) is 45.9 Å². The van der Waals surface area contributed by atoms with Crippen LogP contribution in [0.1, 0.15) is 55.8 Å². The summed E-state index contributed by atoms with van der Waals surface area (Å²) in [4.78, 5) is 0. The summed E-state index contributed by atoms with van der Waals surface area (Å²) in [5.74, 6) is 1.60. The highest BCUT2D eigenvalue weighted by atomic mass is 16.5. The monoisotopic (exact) mass is 275 g/mol. The van der Waals surface area contributed by atoms with Gasteiger partial charge in [-0.15, -0.1) is 0 Å². The Balaban J connectivity index is 1.89. The first-order valence-corrected chi connectivity index (χ1v) is 7.91. The lowest BCUT2D eigenvalue weighted by Crippen LogP contribution is -2.29. The van der Waals surface area contributed by atoms with E-state index >= 15 is 0 Å². The van der Waals surface area contributed by atoms with Crippen molar-refractivity contribution in [2.45, 2.75) is 59.1 Å². The number of ether oxygens (including phenoxy) is 1. The molecule has 0 heterocycles. The maximum Gasteiger partial charge on any atom is 0.0663 e. The summed E-state index contributed by atoms with van der Waals surface area (Å²) >= 11 is 0. The topological polar surface area (TPSA) is 35.2 Å². The lowest BCUT2D eigenvalue weighted by atomic mass is 9.80. The molecule has 0 amide bonds. The van der Waals surface area contributed by atoms with E-state index in [4.69, 9.17) is 10.5 Å². The SMILES string of the molecule is Cc1ccc(C)c(C(N)COC2CCC(C)C(C)C2)c1. The van der Waals surface area contributed by atoms with Crippen LogP contribution in [0.5, 0.6) is 0 Å². The minimum atomic E-state index is -0.00967. The van der Waals surface area contributed by atoms with Gasteiger partial charge in [-0.1, -0.05) is 37.6 Å². The van der Waals surface area contributed by atoms with Gasteiger partial charge in [-0.25, -0.2) is 0 Å². The standard InChI is InChI=1S/C18H29NO/c1-12-5-6-14(3)17(9-12)18(19)11-20-16-8-7-13(2)15(4)10-16/h5-6,9,13,15-16,18H,7-8,10-11,19H2,1-4H3. The maximum atomic E-state index is 6.32. The van der Waals surface area contributed by atoms with Gasteiger partial charge in [-0.05, 0) is 56.1 Å². The first kappa shape index (κ1) is 15.5. The molecule has 4 unspecified atom stereocenters. The Bertz CT molecular complexity index is 443. The van der Waals surface area contributed by atoms with Crippen LogP contribution in [0.25, 0.3) is 0 Å². The van der Waals surface area contributed by atoms with Gasteiger partial charge in [0.15, 0.2) is 0 Å². The molecule has 1 aromatic carbocycles. The fraction of sp³-hybridized carbons (Fsp3) is 0.667. The Hall–Kier alpha value is -0.860. The molecule has 2 rings (SSSR count). The molecule has 2 N–H and O–H groups in total. The van der Waals surface area contributed by atoms with Gasteiger partial charge >= 0.3 is 0 Å². The lowest BCUT2D eigenvalue weighted by Gasteiger charge is -2.32. The van der Waals surface area contributed by atoms with Gasteiger partial charge in [0.25, 0.3) is 0 Å². The highest BCUT2D eigenvalue weighted by Gasteiger charge is 2.25. The summed E-state index contributed by atoms with van der Waals surface area (Å²) in [5.41, 5.74) is 10.1. The number of hydrogen-bond donors (Lipinski definition) is 1. The fourth-order valence-electron chi connectivity index (χ4n) is 3.14. The zero-order chi connectivity index (χ0) is 14.7. The highest BCUT2D eigenvalue weighted by molar-refractivity contribution is 5.32. The van der Waals surface area contributed by atoms with Crippen LogP contribution in [0, 0.1) is 25.7 Å². The summed E-state index contributed by atoms with van der Waals surface area (Å²) in [7, 11) is 0. The summed E-state index contributed by atoms with van der Waals surface area (Å²) in [5, 5.41) is 0. The van der Waals surface area contributed by atoms with Crippen molar-refractivity contribution in [3.63, 3.8) is 0 Å². The van der Waals surface area contributed by atoms with Crippen LogP contribution in [-0.4, -0.2) is 12.7 Å². The zero-order valence-corrected chi connectivity index (χ0v) is 13.4. The van der Waals surface area contributed by atoms with Gasteiger partial charge in [-0.2, -0.15) is 0 Å². The van der Waals surface area contributed by atoms with Gasteiger partial charge in [-0.3, -0.25) is 0 Å². The van der Waals surface area contributed by atoms with Crippen LogP contribution in [0.2, 0.25) is 0 Å². The minimum absolute atomic E-state index is 0.00967. The van der Waals surface area contributed by atoms with Crippen LogP contribution < -0.4 is 5.73 Å². The number of benzene rings is 1. The molecule has 2 nitrogen and oxygen atoms in total. The number of aryl methyl sites for hydroxylation is 2. The number of hydrogen-bond acceptors (Lipinski definition) is 2. The van der Waals surface area contributed by atoms with Crippen molar-refractivity contribution in [1.29, 1.82) is 0 Å². The molecule has 0 aliphatic heterocycles. The second kappa shape index (κ2) is 6.73. The first-order chi connectivity index (χ1) is 9.47. The van der Waals surface area contributed by atoms with Crippen LogP contribution >= 0.6 is 0 Å². The van der Waals surface area contributed by atoms with E-state index in [1.807, 2.05) is 0 Å². The lowest BCUT2D eigenvalue weighted by molar-refractivity contribution is -0.00368. The molecule has 1 aliphatic carbocycles. The van der Waals surface area contributed by atoms with Crippen molar-refractivity contribution < 1.29 is 4.74 Å². The van der Waals surface area contributed by atoms with Crippen molar-refractivity contribution in [3.05, 3.63) is 34.9 Å². The molecule has 20 heavy (non-hydrogen) atoms. The summed E-state index contributed by atoms with van der Waals surface area (Å²) in [6, 6.07) is 6.46. The Morgan fingerprint density at radius 2 is 1.95 bits per heavy atom. The third kappa shape index (κ3) is 3.83. The van der Waals surface area contributed by atoms with E-state index in [9.17, 15) is 0 Å². The van der Waals surface area contributed by atoms with Crippen LogP contribution in [0.4, 0.5) is 0 Å². The summed E-state index contributed by atoms with van der Waals surface area (Å²) < 4.78 is 6.09. The maximum absolute atomic E-state index is 6.32. The van der Waals surface area contributed by atoms with E-state index in [0.717, 1.165) is 11.8 Å². The normalized spacial score (nSPS) is 28.4. The van der Waals surface area contributed by atoms with Crippen LogP contribution in [-0.2, 0) is 4.74 Å². The third-order valence-corrected chi connectivity index (χ3v) is 4.90. The van der Waals surface area contributed by atoms with Crippen molar-refractivity contribution in [3.8, 4) is 0 Å². The molecule has 1 aliphatic rings. The van der Waals surface area contributed by atoms with Crippen molar-refractivity contribution in [1.82, 2.24) is 0 Å². The molecule has 1 saturated carbocycles. The largest absolute Gasteiger partial charge is 0.376 e. The molecule has 112 valence electrons. The molecule has 0 bridgehead atoms. The predicted octanol–water partition coefficient (Wildman–Crippen LogP) is 4.14. The highest BCUT2D eigenvalue weighted by Crippen LogP contribution is 2.31. The Morgan fingerprint density at radius 1 is 1.20 bits per heavy atom. The van der Waals surface area contributed by atoms with Crippen molar-refractivity contribution >= 4 is 0 Å². The molecule has 1 fully saturated rings. The molecule has 2 heteroatoms. The molecule has 4 atom stereocenters. The van der Waals surface area contributed by atoms with Gasteiger partial charge in [0.1, 0.15) is 0 Å². The summed E-state index contributed by atoms with van der Waals surface area (Å²) in [6.07, 6.45) is 4.05. The molecule has 0 saturated heterocycles. The van der Waals surface area contributed by atoms with E-state index in [-0.39, 0.29) is 6.04 Å². The molecular formula is C18H29NO. The molecule has 0 spiro atoms. The van der Waals surface area contributed by atoms with Gasteiger partial charge < -0.3 is 10.5 Å². The predicted molar refractivity (Wildman–Crippen MR) is 84.8 cm³/mol. The average molecular weight is 275 g/mol. The molecule has 0 aromatic heterocycles. The molecular weight excluding hydrogens is 246 g/mol. The van der Waals surface area contributed by atoms with E-state index in [1.54, 1.807) is 0 Å². The third-order valence-electron chi connectivity index (χ3n) is 4.90. The van der Waals surface area contributed by atoms with Crippen molar-refractivity contribution in [2.75, 3.05) is 6.61 Å². The zero-order valence-electron chi connectivity index (χ0n) is 13.4. The van der Waals surface area contributed by atoms with E-state index in [0.29, 0.717) is 12.7 Å². The number of nitrogens with two attached hydrogens (primary N) is 1. The van der Waals surface area contributed by atoms with Gasteiger partial charge in [0, 0.05) is 0 Å². The Kier molecular flexibility index (Phi) is 5.22. The Labute approximate surface area is 123 Å². The fourth-order valence-corrected chi connectivity index (χ4v) is 3.14. The van der Waals surface area contributed by atoms with E-state index in [1.165, 1.54) is 36.0 Å². The van der Waals surface area contributed by atoms with Gasteiger partial charge in [0.2, 0.25) is 0 Å². The second-order valence-electron chi connectivity index (χ2n) is 6.69. The number of rotatable bonds is 4. The molecule has 0 radical (unpaired) electrons. The van der Waals surface area contributed by atoms with Crippen LogP contribution in [0.15, 0.2) is 18.2 Å². The van der Waals surface area contributed by atoms with Crippen LogP contribution in [0.3, 0.4) is 0 Å². The minimum Gasteiger partial charge on any atom is -0.376 e. The average Bonchev–Trinajstić information content (AvgIpc) is 2.42. The first-order valence-electron chi connectivity index (χ1n) is 7.91. The summed E-state index contributed by atoms with van der Waals surface area (Å²) in [6.45, 7) is 9.56. The van der Waals surface area contributed by atoms with Gasteiger partial charge in [0.05, 0.1) is 18.8 Å². The smallest absolute Gasteiger partial charge is 0.0663 e. The van der Waals surface area contributed by atoms with Crippen molar-refractivity contribution in [2.24, 2.45) is 17.6 Å². The van der Waals surface area contributed by atoms with E-state index < -0.39 is 0 Å². The quantitative estimate of drug-likeness (QED) is 0.896.